The van der Waals surface area contributed by atoms with Crippen LogP contribution in [0.5, 0.6) is 5.75 Å². The Bertz CT molecular complexity index is 461. The van der Waals surface area contributed by atoms with Gasteiger partial charge in [-0.2, -0.15) is 8.42 Å². The number of hydrogen-bond acceptors (Lipinski definition) is 4. The highest BCUT2D eigenvalue weighted by Crippen LogP contribution is 2.21. The third-order valence-corrected chi connectivity index (χ3v) is 2.58. The second kappa shape index (κ2) is 5.13. The number of nitrogen functional groups attached to an aromatic ring is 1. The predicted molar refractivity (Wildman–Crippen MR) is 57.3 cm³/mol. The average Bonchev–Trinajstić information content (AvgIpc) is 2.13. The van der Waals surface area contributed by atoms with Gasteiger partial charge in [-0.1, -0.05) is 0 Å². The van der Waals surface area contributed by atoms with E-state index in [4.69, 9.17) is 15.0 Å². The summed E-state index contributed by atoms with van der Waals surface area (Å²) in [5.74, 6) is -0.562. The minimum absolute atomic E-state index is 0.0790. The van der Waals surface area contributed by atoms with Crippen molar-refractivity contribution in [2.45, 2.75) is 6.42 Å². The Labute approximate surface area is 92.8 Å². The number of nitrogens with two attached hydrogens (primary N) is 1. The van der Waals surface area contributed by atoms with Gasteiger partial charge in [-0.05, 0) is 18.6 Å². The SMILES string of the molecule is Nc1cc(F)ccc1OCCCS(=O)(=O)O. The number of rotatable bonds is 5. The summed E-state index contributed by atoms with van der Waals surface area (Å²) in [6.45, 7) is 0.0790. The van der Waals surface area contributed by atoms with Crippen LogP contribution >= 0.6 is 0 Å². The molecule has 16 heavy (non-hydrogen) atoms. The minimum atomic E-state index is -3.97. The van der Waals surface area contributed by atoms with Crippen LogP contribution in [0.3, 0.4) is 0 Å². The van der Waals surface area contributed by atoms with Gasteiger partial charge in [0.2, 0.25) is 0 Å². The van der Waals surface area contributed by atoms with Crippen molar-refractivity contribution in [2.24, 2.45) is 0 Å². The molecule has 0 amide bonds. The zero-order valence-corrected chi connectivity index (χ0v) is 9.21. The normalized spacial score (nSPS) is 11.4. The summed E-state index contributed by atoms with van der Waals surface area (Å²) in [5, 5.41) is 0. The molecule has 0 heterocycles. The highest BCUT2D eigenvalue weighted by Gasteiger charge is 2.05. The maximum Gasteiger partial charge on any atom is 0.264 e. The van der Waals surface area contributed by atoms with E-state index in [1.54, 1.807) is 0 Å². The molecular weight excluding hydrogens is 237 g/mol. The van der Waals surface area contributed by atoms with Gasteiger partial charge in [-0.15, -0.1) is 0 Å². The predicted octanol–water partition coefficient (Wildman–Crippen LogP) is 1.06. The van der Waals surface area contributed by atoms with Gasteiger partial charge in [-0.3, -0.25) is 4.55 Å². The zero-order chi connectivity index (χ0) is 12.2. The third-order valence-electron chi connectivity index (χ3n) is 1.78. The van der Waals surface area contributed by atoms with Gasteiger partial charge in [-0.25, -0.2) is 4.39 Å². The maximum absolute atomic E-state index is 12.6. The Hall–Kier alpha value is -1.34. The second-order valence-electron chi connectivity index (χ2n) is 3.17. The molecule has 0 saturated carbocycles. The van der Waals surface area contributed by atoms with Gasteiger partial charge in [0.1, 0.15) is 11.6 Å². The van der Waals surface area contributed by atoms with Gasteiger partial charge in [0.15, 0.2) is 0 Å². The van der Waals surface area contributed by atoms with Crippen molar-refractivity contribution in [1.82, 2.24) is 0 Å². The first-order chi connectivity index (χ1) is 7.38. The second-order valence-corrected chi connectivity index (χ2v) is 4.74. The standard InChI is InChI=1S/C9H12FNO4S/c10-7-2-3-9(8(11)6-7)15-4-1-5-16(12,13)14/h2-3,6H,1,4-5,11H2,(H,12,13,14). The van der Waals surface area contributed by atoms with E-state index in [0.29, 0.717) is 0 Å². The lowest BCUT2D eigenvalue weighted by Crippen LogP contribution is -2.09. The van der Waals surface area contributed by atoms with Crippen LogP contribution in [0.1, 0.15) is 6.42 Å². The molecule has 0 aromatic heterocycles. The van der Waals surface area contributed by atoms with Gasteiger partial charge >= 0.3 is 0 Å². The quantitative estimate of drug-likeness (QED) is 0.462. The molecular formula is C9H12FNO4S. The number of halogens is 1. The largest absolute Gasteiger partial charge is 0.491 e. The molecule has 5 nitrogen and oxygen atoms in total. The van der Waals surface area contributed by atoms with Crippen molar-refractivity contribution >= 4 is 15.8 Å². The Morgan fingerprint density at radius 1 is 1.44 bits per heavy atom. The molecule has 1 rings (SSSR count). The van der Waals surface area contributed by atoms with Crippen molar-refractivity contribution in [3.05, 3.63) is 24.0 Å². The summed E-state index contributed by atoms with van der Waals surface area (Å²) in [4.78, 5) is 0. The van der Waals surface area contributed by atoms with Gasteiger partial charge in [0.05, 0.1) is 18.0 Å². The first kappa shape index (κ1) is 12.7. The molecule has 7 heteroatoms. The van der Waals surface area contributed by atoms with E-state index >= 15 is 0 Å². The summed E-state index contributed by atoms with van der Waals surface area (Å²) in [6, 6.07) is 3.66. The third kappa shape index (κ3) is 4.45. The van der Waals surface area contributed by atoms with Crippen molar-refractivity contribution in [3.8, 4) is 5.75 Å². The number of anilines is 1. The lowest BCUT2D eigenvalue weighted by molar-refractivity contribution is 0.317. The molecule has 1 aromatic rings. The topological polar surface area (TPSA) is 89.6 Å². The van der Waals surface area contributed by atoms with Crippen LogP contribution in [-0.4, -0.2) is 25.3 Å². The number of ether oxygens (including phenoxy) is 1. The molecule has 0 unspecified atom stereocenters. The van der Waals surface area contributed by atoms with Gasteiger partial charge in [0.25, 0.3) is 10.1 Å². The zero-order valence-electron chi connectivity index (χ0n) is 8.39. The van der Waals surface area contributed by atoms with Crippen LogP contribution in [0.15, 0.2) is 18.2 Å². The van der Waals surface area contributed by atoms with E-state index in [1.807, 2.05) is 0 Å². The Morgan fingerprint density at radius 2 is 2.12 bits per heavy atom. The summed E-state index contributed by atoms with van der Waals surface area (Å²) < 4.78 is 47.0. The first-order valence-electron chi connectivity index (χ1n) is 4.51. The van der Waals surface area contributed by atoms with Crippen LogP contribution in [0, 0.1) is 5.82 Å². The molecule has 3 N–H and O–H groups in total. The van der Waals surface area contributed by atoms with Crippen molar-refractivity contribution < 1.29 is 22.1 Å². The smallest absolute Gasteiger partial charge is 0.264 e. The average molecular weight is 249 g/mol. The van der Waals surface area contributed by atoms with Crippen molar-refractivity contribution in [3.63, 3.8) is 0 Å². The van der Waals surface area contributed by atoms with Crippen LogP contribution in [0.25, 0.3) is 0 Å². The Morgan fingerprint density at radius 3 is 2.69 bits per heavy atom. The van der Waals surface area contributed by atoms with Crippen LogP contribution in [-0.2, 0) is 10.1 Å². The molecule has 0 fully saturated rings. The molecule has 0 spiro atoms. The summed E-state index contributed by atoms with van der Waals surface area (Å²) >= 11 is 0. The molecule has 0 atom stereocenters. The highest BCUT2D eigenvalue weighted by atomic mass is 32.2. The van der Waals surface area contributed by atoms with Crippen LogP contribution in [0.4, 0.5) is 10.1 Å². The molecule has 0 radical (unpaired) electrons. The van der Waals surface area contributed by atoms with Gasteiger partial charge in [0, 0.05) is 6.07 Å². The summed E-state index contributed by atoms with van der Waals surface area (Å²) in [5.41, 5.74) is 5.60. The van der Waals surface area contributed by atoms with E-state index in [9.17, 15) is 12.8 Å². The summed E-state index contributed by atoms with van der Waals surface area (Å²) in [7, 11) is -3.97. The molecule has 0 aliphatic carbocycles. The minimum Gasteiger partial charge on any atom is -0.491 e. The monoisotopic (exact) mass is 249 g/mol. The number of hydrogen-bond donors (Lipinski definition) is 2. The fraction of sp³-hybridized carbons (Fsp3) is 0.333. The molecule has 90 valence electrons. The number of benzene rings is 1. The Balaban J connectivity index is 2.43. The highest BCUT2D eigenvalue weighted by molar-refractivity contribution is 7.85. The van der Waals surface area contributed by atoms with Crippen molar-refractivity contribution in [2.75, 3.05) is 18.1 Å². The first-order valence-corrected chi connectivity index (χ1v) is 6.12. The lowest BCUT2D eigenvalue weighted by atomic mass is 10.3. The molecule has 0 aliphatic heterocycles. The Kier molecular flexibility index (Phi) is 4.08. The van der Waals surface area contributed by atoms with Crippen molar-refractivity contribution in [1.29, 1.82) is 0 Å². The maximum atomic E-state index is 12.6. The summed E-state index contributed by atoms with van der Waals surface area (Å²) in [6.07, 6.45) is 0.135. The molecule has 1 aromatic carbocycles. The van der Waals surface area contributed by atoms with E-state index < -0.39 is 15.9 Å². The van der Waals surface area contributed by atoms with E-state index in [1.165, 1.54) is 12.1 Å². The van der Waals surface area contributed by atoms with Crippen LogP contribution < -0.4 is 10.5 Å². The lowest BCUT2D eigenvalue weighted by Gasteiger charge is -2.07. The fourth-order valence-corrected chi connectivity index (χ4v) is 1.56. The molecule has 0 bridgehead atoms. The van der Waals surface area contributed by atoms with Crippen LogP contribution in [0.2, 0.25) is 0 Å². The van der Waals surface area contributed by atoms with E-state index in [-0.39, 0.29) is 30.2 Å². The van der Waals surface area contributed by atoms with Gasteiger partial charge < -0.3 is 10.5 Å². The molecule has 0 aliphatic rings. The molecule has 0 saturated heterocycles. The van der Waals surface area contributed by atoms with E-state index in [0.717, 1.165) is 6.07 Å². The fourth-order valence-electron chi connectivity index (χ4n) is 1.07. The van der Waals surface area contributed by atoms with E-state index in [2.05, 4.69) is 0 Å².